The first-order chi connectivity index (χ1) is 11.5. The van der Waals surface area contributed by atoms with E-state index in [-0.39, 0.29) is 17.6 Å². The smallest absolute Gasteiger partial charge is 0.230 e. The fraction of sp³-hybridized carbons (Fsp3) is 0.375. The van der Waals surface area contributed by atoms with Gasteiger partial charge < -0.3 is 10.6 Å². The molecule has 0 unspecified atom stereocenters. The standard InChI is InChI=1S/C16H20N4O2S2/c1-11(2)8-13(21)18-15-19-20-16(24-15)23-10-14(22)17-9-12-6-4-3-5-7-12/h3-7,11H,8-10H2,1-2H3,(H,17,22)(H,18,19,21). The van der Waals surface area contributed by atoms with Crippen molar-refractivity contribution in [3.8, 4) is 0 Å². The van der Waals surface area contributed by atoms with Crippen LogP contribution in [0.5, 0.6) is 0 Å². The Bertz CT molecular complexity index is 674. The van der Waals surface area contributed by atoms with Crippen LogP contribution in [0.2, 0.25) is 0 Å². The van der Waals surface area contributed by atoms with Gasteiger partial charge in [-0.15, -0.1) is 10.2 Å². The molecule has 128 valence electrons. The fourth-order valence-electron chi connectivity index (χ4n) is 1.83. The maximum Gasteiger partial charge on any atom is 0.230 e. The molecule has 6 nitrogen and oxygen atoms in total. The molecule has 0 radical (unpaired) electrons. The van der Waals surface area contributed by atoms with Crippen molar-refractivity contribution in [3.63, 3.8) is 0 Å². The summed E-state index contributed by atoms with van der Waals surface area (Å²) in [5.41, 5.74) is 1.06. The molecule has 0 aliphatic carbocycles. The number of nitrogens with zero attached hydrogens (tertiary/aromatic N) is 2. The summed E-state index contributed by atoms with van der Waals surface area (Å²) in [4.78, 5) is 23.5. The molecule has 2 rings (SSSR count). The summed E-state index contributed by atoms with van der Waals surface area (Å²) >= 11 is 2.58. The van der Waals surface area contributed by atoms with E-state index in [2.05, 4.69) is 20.8 Å². The number of anilines is 1. The van der Waals surface area contributed by atoms with Crippen molar-refractivity contribution >= 4 is 40.0 Å². The zero-order chi connectivity index (χ0) is 17.4. The van der Waals surface area contributed by atoms with E-state index in [1.54, 1.807) is 0 Å². The normalized spacial score (nSPS) is 10.6. The summed E-state index contributed by atoms with van der Waals surface area (Å²) in [6, 6.07) is 9.74. The highest BCUT2D eigenvalue weighted by Crippen LogP contribution is 2.25. The number of carbonyl (C=O) groups excluding carboxylic acids is 2. The lowest BCUT2D eigenvalue weighted by atomic mass is 10.1. The van der Waals surface area contributed by atoms with Crippen molar-refractivity contribution in [2.75, 3.05) is 11.1 Å². The molecule has 8 heteroatoms. The summed E-state index contributed by atoms with van der Waals surface area (Å²) in [7, 11) is 0. The Kier molecular flexibility index (Phi) is 7.20. The van der Waals surface area contributed by atoms with Crippen LogP contribution in [0.25, 0.3) is 0 Å². The van der Waals surface area contributed by atoms with Crippen LogP contribution in [0.4, 0.5) is 5.13 Å². The summed E-state index contributed by atoms with van der Waals surface area (Å²) < 4.78 is 0.657. The van der Waals surface area contributed by atoms with E-state index in [0.717, 1.165) is 5.56 Å². The third kappa shape index (κ3) is 6.67. The second-order valence-electron chi connectivity index (χ2n) is 5.57. The minimum absolute atomic E-state index is 0.0653. The predicted octanol–water partition coefficient (Wildman–Crippen LogP) is 2.93. The molecule has 0 bridgehead atoms. The number of nitrogens with one attached hydrogen (secondary N) is 2. The van der Waals surface area contributed by atoms with Gasteiger partial charge in [-0.1, -0.05) is 67.3 Å². The zero-order valence-electron chi connectivity index (χ0n) is 13.6. The lowest BCUT2D eigenvalue weighted by Gasteiger charge is -2.04. The van der Waals surface area contributed by atoms with E-state index in [1.807, 2.05) is 44.2 Å². The van der Waals surface area contributed by atoms with E-state index >= 15 is 0 Å². The van der Waals surface area contributed by atoms with Gasteiger partial charge in [0.05, 0.1) is 5.75 Å². The Balaban J connectivity index is 1.72. The molecule has 0 fully saturated rings. The molecule has 0 atom stereocenters. The van der Waals surface area contributed by atoms with E-state index < -0.39 is 0 Å². The van der Waals surface area contributed by atoms with Crippen molar-refractivity contribution in [2.45, 2.75) is 31.2 Å². The van der Waals surface area contributed by atoms with E-state index in [4.69, 9.17) is 0 Å². The Morgan fingerprint density at radius 2 is 1.92 bits per heavy atom. The van der Waals surface area contributed by atoms with Crippen LogP contribution in [0, 0.1) is 5.92 Å². The number of amides is 2. The summed E-state index contributed by atoms with van der Waals surface area (Å²) in [5, 5.41) is 13.9. The quantitative estimate of drug-likeness (QED) is 0.556. The van der Waals surface area contributed by atoms with Crippen LogP contribution in [-0.2, 0) is 16.1 Å². The number of aromatic nitrogens is 2. The average Bonchev–Trinajstić information content (AvgIpc) is 2.98. The second-order valence-corrected chi connectivity index (χ2v) is 7.77. The molecule has 1 aromatic carbocycles. The number of thioether (sulfide) groups is 1. The molecule has 2 amide bonds. The molecule has 2 N–H and O–H groups in total. The Morgan fingerprint density at radius 1 is 1.17 bits per heavy atom. The lowest BCUT2D eigenvalue weighted by Crippen LogP contribution is -2.24. The summed E-state index contributed by atoms with van der Waals surface area (Å²) in [5.74, 6) is 0.421. The van der Waals surface area contributed by atoms with Crippen LogP contribution in [0.1, 0.15) is 25.8 Å². The van der Waals surface area contributed by atoms with Crippen LogP contribution in [0.15, 0.2) is 34.7 Å². The van der Waals surface area contributed by atoms with Gasteiger partial charge in [-0.25, -0.2) is 0 Å². The first kappa shape index (κ1) is 18.4. The van der Waals surface area contributed by atoms with Gasteiger partial charge in [-0.2, -0.15) is 0 Å². The van der Waals surface area contributed by atoms with Gasteiger partial charge in [0.25, 0.3) is 0 Å². The van der Waals surface area contributed by atoms with Crippen molar-refractivity contribution in [1.29, 1.82) is 0 Å². The Hall–Kier alpha value is -1.93. The molecular formula is C16H20N4O2S2. The zero-order valence-corrected chi connectivity index (χ0v) is 15.2. The van der Waals surface area contributed by atoms with Crippen molar-refractivity contribution < 1.29 is 9.59 Å². The molecule has 0 spiro atoms. The van der Waals surface area contributed by atoms with Crippen LogP contribution in [0.3, 0.4) is 0 Å². The molecule has 2 aromatic rings. The molecule has 1 aromatic heterocycles. The highest BCUT2D eigenvalue weighted by atomic mass is 32.2. The van der Waals surface area contributed by atoms with Gasteiger partial charge in [0.15, 0.2) is 4.34 Å². The average molecular weight is 364 g/mol. The Labute approximate surface area is 149 Å². The molecular weight excluding hydrogens is 344 g/mol. The molecule has 0 aliphatic heterocycles. The SMILES string of the molecule is CC(C)CC(=O)Nc1nnc(SCC(=O)NCc2ccccc2)s1. The van der Waals surface area contributed by atoms with Gasteiger partial charge in [0.1, 0.15) is 0 Å². The van der Waals surface area contributed by atoms with Crippen molar-refractivity contribution in [3.05, 3.63) is 35.9 Å². The minimum atomic E-state index is -0.0710. The molecule has 1 heterocycles. The number of benzene rings is 1. The molecule has 24 heavy (non-hydrogen) atoms. The van der Waals surface area contributed by atoms with Crippen LogP contribution < -0.4 is 10.6 Å². The highest BCUT2D eigenvalue weighted by molar-refractivity contribution is 8.01. The van der Waals surface area contributed by atoms with Gasteiger partial charge >= 0.3 is 0 Å². The van der Waals surface area contributed by atoms with Crippen LogP contribution in [-0.4, -0.2) is 27.8 Å². The third-order valence-electron chi connectivity index (χ3n) is 2.91. The number of rotatable bonds is 8. The van der Waals surface area contributed by atoms with Gasteiger partial charge in [0, 0.05) is 13.0 Å². The summed E-state index contributed by atoms with van der Waals surface area (Å²) in [6.45, 7) is 4.47. The first-order valence-electron chi connectivity index (χ1n) is 7.59. The summed E-state index contributed by atoms with van der Waals surface area (Å²) in [6.07, 6.45) is 0.448. The molecule has 0 aliphatic rings. The van der Waals surface area contributed by atoms with Crippen molar-refractivity contribution in [2.24, 2.45) is 5.92 Å². The van der Waals surface area contributed by atoms with E-state index in [9.17, 15) is 9.59 Å². The molecule has 0 saturated heterocycles. The van der Waals surface area contributed by atoms with Gasteiger partial charge in [0.2, 0.25) is 16.9 Å². The number of hydrogen-bond donors (Lipinski definition) is 2. The number of hydrogen-bond acceptors (Lipinski definition) is 6. The van der Waals surface area contributed by atoms with Gasteiger partial charge in [-0.05, 0) is 11.5 Å². The first-order valence-corrected chi connectivity index (χ1v) is 9.40. The largest absolute Gasteiger partial charge is 0.351 e. The highest BCUT2D eigenvalue weighted by Gasteiger charge is 2.11. The van der Waals surface area contributed by atoms with Crippen molar-refractivity contribution in [1.82, 2.24) is 15.5 Å². The van der Waals surface area contributed by atoms with Crippen LogP contribution >= 0.6 is 23.1 Å². The topological polar surface area (TPSA) is 84.0 Å². The molecule has 0 saturated carbocycles. The monoisotopic (exact) mass is 364 g/mol. The fourth-order valence-corrected chi connectivity index (χ4v) is 3.43. The Morgan fingerprint density at radius 3 is 2.62 bits per heavy atom. The number of carbonyl (C=O) groups is 2. The van der Waals surface area contributed by atoms with E-state index in [0.29, 0.717) is 28.4 Å². The minimum Gasteiger partial charge on any atom is -0.351 e. The lowest BCUT2D eigenvalue weighted by molar-refractivity contribution is -0.119. The van der Waals surface area contributed by atoms with E-state index in [1.165, 1.54) is 23.1 Å². The predicted molar refractivity (Wildman–Crippen MR) is 97.0 cm³/mol. The third-order valence-corrected chi connectivity index (χ3v) is 4.88. The maximum atomic E-state index is 11.9. The maximum absolute atomic E-state index is 11.9. The van der Waals surface area contributed by atoms with Gasteiger partial charge in [-0.3, -0.25) is 9.59 Å². The second kappa shape index (κ2) is 9.39.